The lowest BCUT2D eigenvalue weighted by atomic mass is 9.90. The molecule has 1 aromatic rings. The van der Waals surface area contributed by atoms with Gasteiger partial charge >= 0.3 is 0 Å². The molecule has 3 amide bonds. The van der Waals surface area contributed by atoms with E-state index in [0.29, 0.717) is 23.8 Å². The molecule has 1 saturated carbocycles. The summed E-state index contributed by atoms with van der Waals surface area (Å²) in [6, 6.07) is 1.49. The van der Waals surface area contributed by atoms with Crippen LogP contribution in [-0.2, 0) is 22.4 Å². The maximum atomic E-state index is 12.7. The van der Waals surface area contributed by atoms with Crippen molar-refractivity contribution >= 4 is 29.1 Å². The summed E-state index contributed by atoms with van der Waals surface area (Å²) in [7, 11) is 0. The zero-order valence-corrected chi connectivity index (χ0v) is 17.3. The van der Waals surface area contributed by atoms with Gasteiger partial charge in [-0.05, 0) is 62.5 Å². The minimum Gasteiger partial charge on any atom is -0.330 e. The van der Waals surface area contributed by atoms with Crippen LogP contribution in [0, 0.1) is 11.8 Å². The Morgan fingerprint density at radius 2 is 1.86 bits per heavy atom. The monoisotopic (exact) mass is 403 g/mol. The lowest BCUT2D eigenvalue weighted by Gasteiger charge is -2.26. The van der Waals surface area contributed by atoms with Crippen LogP contribution in [0.15, 0.2) is 6.07 Å². The molecule has 7 heteroatoms. The topological polar surface area (TPSA) is 78.5 Å². The first-order valence-electron chi connectivity index (χ1n) is 10.5. The van der Waals surface area contributed by atoms with Gasteiger partial charge in [-0.15, -0.1) is 11.3 Å². The zero-order chi connectivity index (χ0) is 19.7. The molecule has 2 heterocycles. The van der Waals surface area contributed by atoms with E-state index in [0.717, 1.165) is 51.4 Å². The Morgan fingerprint density at radius 1 is 1.07 bits per heavy atom. The van der Waals surface area contributed by atoms with E-state index < -0.39 is 6.04 Å². The fourth-order valence-electron chi connectivity index (χ4n) is 4.79. The number of hydrazine groups is 1. The van der Waals surface area contributed by atoms with E-state index in [1.54, 1.807) is 4.90 Å². The number of nitrogens with zero attached hydrogens (tertiary/aromatic N) is 1. The fraction of sp³-hybridized carbons (Fsp3) is 0.667. The van der Waals surface area contributed by atoms with Crippen LogP contribution in [0.5, 0.6) is 0 Å². The first-order chi connectivity index (χ1) is 13.5. The standard InChI is InChI=1S/C21H29N3O3S/c1-13-8-9-17-15(11-13)12-18(28-17)20(26)23-22-19(25)16-7-4-10-24(16)21(27)14-5-2-3-6-14/h12-14,16H,2-11H2,1H3,(H,22,25)(H,23,26). The summed E-state index contributed by atoms with van der Waals surface area (Å²) >= 11 is 1.52. The molecule has 0 aromatic carbocycles. The van der Waals surface area contributed by atoms with Gasteiger partial charge in [0.05, 0.1) is 4.88 Å². The van der Waals surface area contributed by atoms with Crippen LogP contribution in [0.25, 0.3) is 0 Å². The van der Waals surface area contributed by atoms with Gasteiger partial charge in [-0.2, -0.15) is 0 Å². The molecule has 2 aliphatic carbocycles. The Balaban J connectivity index is 1.33. The van der Waals surface area contributed by atoms with Crippen LogP contribution < -0.4 is 10.9 Å². The van der Waals surface area contributed by atoms with Crippen molar-refractivity contribution in [2.75, 3.05) is 6.54 Å². The van der Waals surface area contributed by atoms with Crippen molar-refractivity contribution in [3.05, 3.63) is 21.4 Å². The average Bonchev–Trinajstić information content (AvgIpc) is 3.44. The normalized spacial score (nSPS) is 24.8. The Kier molecular flexibility index (Phi) is 5.71. The van der Waals surface area contributed by atoms with Crippen molar-refractivity contribution in [1.29, 1.82) is 0 Å². The van der Waals surface area contributed by atoms with Crippen molar-refractivity contribution in [2.24, 2.45) is 11.8 Å². The van der Waals surface area contributed by atoms with E-state index in [1.807, 2.05) is 6.07 Å². The molecule has 1 saturated heterocycles. The molecule has 2 atom stereocenters. The van der Waals surface area contributed by atoms with Gasteiger partial charge in [0, 0.05) is 17.3 Å². The number of thiophene rings is 1. The van der Waals surface area contributed by atoms with Crippen molar-refractivity contribution in [3.63, 3.8) is 0 Å². The van der Waals surface area contributed by atoms with Gasteiger partial charge in [0.2, 0.25) is 5.91 Å². The summed E-state index contributed by atoms with van der Waals surface area (Å²) in [5.74, 6) is 0.284. The molecular weight excluding hydrogens is 374 g/mol. The second-order valence-electron chi connectivity index (χ2n) is 8.52. The quantitative estimate of drug-likeness (QED) is 0.762. The number of carbonyl (C=O) groups excluding carboxylic acids is 3. The highest BCUT2D eigenvalue weighted by atomic mass is 32.1. The molecule has 28 heavy (non-hydrogen) atoms. The highest BCUT2D eigenvalue weighted by Gasteiger charge is 2.38. The van der Waals surface area contributed by atoms with Crippen LogP contribution in [0.2, 0.25) is 0 Å². The number of hydrogen-bond acceptors (Lipinski definition) is 4. The van der Waals surface area contributed by atoms with Crippen molar-refractivity contribution in [2.45, 2.75) is 70.8 Å². The molecule has 0 bridgehead atoms. The van der Waals surface area contributed by atoms with Gasteiger partial charge in [0.1, 0.15) is 6.04 Å². The first-order valence-corrected chi connectivity index (χ1v) is 11.4. The Hall–Kier alpha value is -1.89. The summed E-state index contributed by atoms with van der Waals surface area (Å²) in [6.45, 7) is 2.87. The van der Waals surface area contributed by atoms with Gasteiger partial charge in [-0.3, -0.25) is 25.2 Å². The molecule has 1 aliphatic heterocycles. The molecule has 6 nitrogen and oxygen atoms in total. The molecule has 2 N–H and O–H groups in total. The molecular formula is C21H29N3O3S. The van der Waals surface area contributed by atoms with Gasteiger partial charge in [0.25, 0.3) is 11.8 Å². The lowest BCUT2D eigenvalue weighted by molar-refractivity contribution is -0.141. The highest BCUT2D eigenvalue weighted by Crippen LogP contribution is 2.32. The second kappa shape index (κ2) is 8.23. The molecule has 0 radical (unpaired) electrons. The molecule has 2 fully saturated rings. The third-order valence-electron chi connectivity index (χ3n) is 6.40. The van der Waals surface area contributed by atoms with E-state index in [2.05, 4.69) is 17.8 Å². The van der Waals surface area contributed by atoms with E-state index in [-0.39, 0.29) is 23.6 Å². The predicted molar refractivity (Wildman–Crippen MR) is 108 cm³/mol. The van der Waals surface area contributed by atoms with Gasteiger partial charge in [-0.25, -0.2) is 0 Å². The highest BCUT2D eigenvalue weighted by molar-refractivity contribution is 7.14. The van der Waals surface area contributed by atoms with Gasteiger partial charge in [-0.1, -0.05) is 19.8 Å². The summed E-state index contributed by atoms with van der Waals surface area (Å²) in [5, 5.41) is 0. The summed E-state index contributed by atoms with van der Waals surface area (Å²) in [5.41, 5.74) is 6.39. The van der Waals surface area contributed by atoms with Crippen molar-refractivity contribution in [1.82, 2.24) is 15.8 Å². The van der Waals surface area contributed by atoms with Crippen molar-refractivity contribution in [3.8, 4) is 0 Å². The third-order valence-corrected chi connectivity index (χ3v) is 7.63. The molecule has 4 rings (SSSR count). The smallest absolute Gasteiger partial charge is 0.279 e. The zero-order valence-electron chi connectivity index (χ0n) is 16.5. The Morgan fingerprint density at radius 3 is 2.64 bits per heavy atom. The van der Waals surface area contributed by atoms with E-state index in [1.165, 1.54) is 21.8 Å². The number of carbonyl (C=O) groups is 3. The minimum atomic E-state index is -0.467. The largest absolute Gasteiger partial charge is 0.330 e. The molecule has 152 valence electrons. The SMILES string of the molecule is CC1CCc2sc(C(=O)NNC(=O)C3CCCN3C(=O)C3CCCC3)cc2C1. The number of hydrogen-bond donors (Lipinski definition) is 2. The Bertz CT molecular complexity index is 769. The summed E-state index contributed by atoms with van der Waals surface area (Å²) in [4.78, 5) is 41.5. The van der Waals surface area contributed by atoms with E-state index in [4.69, 9.17) is 0 Å². The average molecular weight is 404 g/mol. The maximum absolute atomic E-state index is 12.7. The number of fused-ring (bicyclic) bond motifs is 1. The number of nitrogens with one attached hydrogen (secondary N) is 2. The van der Waals surface area contributed by atoms with Crippen molar-refractivity contribution < 1.29 is 14.4 Å². The number of aryl methyl sites for hydroxylation is 1. The number of rotatable bonds is 3. The lowest BCUT2D eigenvalue weighted by Crippen LogP contribution is -2.52. The molecule has 0 spiro atoms. The van der Waals surface area contributed by atoms with Crippen LogP contribution in [0.4, 0.5) is 0 Å². The number of likely N-dealkylation sites (tertiary alicyclic amines) is 1. The molecule has 1 aromatic heterocycles. The third kappa shape index (κ3) is 3.95. The van der Waals surface area contributed by atoms with Gasteiger partial charge < -0.3 is 4.90 Å². The summed E-state index contributed by atoms with van der Waals surface area (Å²) in [6.07, 6.45) is 8.77. The van der Waals surface area contributed by atoms with Crippen LogP contribution in [0.3, 0.4) is 0 Å². The summed E-state index contributed by atoms with van der Waals surface area (Å²) < 4.78 is 0. The minimum absolute atomic E-state index is 0.0721. The van der Waals surface area contributed by atoms with E-state index in [9.17, 15) is 14.4 Å². The molecule has 2 unspecified atom stereocenters. The second-order valence-corrected chi connectivity index (χ2v) is 9.66. The van der Waals surface area contributed by atoms with E-state index >= 15 is 0 Å². The predicted octanol–water partition coefficient (Wildman–Crippen LogP) is 2.82. The van der Waals surface area contributed by atoms with Gasteiger partial charge in [0.15, 0.2) is 0 Å². The van der Waals surface area contributed by atoms with Crippen LogP contribution in [0.1, 0.15) is 72.0 Å². The Labute approximate surface area is 170 Å². The van der Waals surface area contributed by atoms with Crippen LogP contribution in [-0.4, -0.2) is 35.2 Å². The number of amides is 3. The maximum Gasteiger partial charge on any atom is 0.279 e. The first kappa shape index (κ1) is 19.4. The molecule has 3 aliphatic rings. The fourth-order valence-corrected chi connectivity index (χ4v) is 5.89. The van der Waals surface area contributed by atoms with Crippen LogP contribution >= 0.6 is 11.3 Å².